The normalized spacial score (nSPS) is 15.2. The van der Waals surface area contributed by atoms with Crippen molar-refractivity contribution in [3.05, 3.63) is 298 Å². The predicted octanol–water partition coefficient (Wildman–Crippen LogP) is 17.7. The van der Waals surface area contributed by atoms with Gasteiger partial charge in [-0.05, 0) is 151 Å². The Hall–Kier alpha value is -8.20. The second-order valence-electron chi connectivity index (χ2n) is 20.8. The molecule has 0 atom stereocenters. The number of rotatable bonds is 8. The first-order valence-corrected chi connectivity index (χ1v) is 25.3. The third-order valence-corrected chi connectivity index (χ3v) is 16.2. The highest BCUT2D eigenvalue weighted by atomic mass is 15.2. The maximum atomic E-state index is 2.55. The van der Waals surface area contributed by atoms with Crippen molar-refractivity contribution in [3.8, 4) is 22.3 Å². The van der Waals surface area contributed by atoms with Crippen molar-refractivity contribution in [2.45, 2.75) is 56.8 Å². The van der Waals surface area contributed by atoms with Crippen molar-refractivity contribution in [2.75, 3.05) is 9.80 Å². The van der Waals surface area contributed by atoms with Gasteiger partial charge in [0, 0.05) is 22.2 Å². The number of fused-ring (bicyclic) bond motifs is 7. The van der Waals surface area contributed by atoms with E-state index in [0.29, 0.717) is 0 Å². The summed E-state index contributed by atoms with van der Waals surface area (Å²) in [5.74, 6) is 0. The lowest BCUT2D eigenvalue weighted by atomic mass is 9.66. The first-order valence-electron chi connectivity index (χ1n) is 25.3. The van der Waals surface area contributed by atoms with Crippen LogP contribution in [0.4, 0.5) is 34.1 Å². The average molecular weight is 913 g/mol. The summed E-state index contributed by atoms with van der Waals surface area (Å²) >= 11 is 0. The summed E-state index contributed by atoms with van der Waals surface area (Å²) in [5.41, 5.74) is 24.7. The van der Waals surface area contributed by atoms with E-state index < -0.39 is 5.41 Å². The molecule has 0 bridgehead atoms. The average Bonchev–Trinajstić information content (AvgIpc) is 3.71. The summed E-state index contributed by atoms with van der Waals surface area (Å²) < 4.78 is 0. The van der Waals surface area contributed by atoms with E-state index in [4.69, 9.17) is 0 Å². The molecule has 342 valence electrons. The van der Waals surface area contributed by atoms with Crippen molar-refractivity contribution in [1.29, 1.82) is 0 Å². The SMILES string of the molecule is CC1(C)c2ccccc2N(c2ccccc2)c2ccc(CCc3ccc(-c4ccc5c(c4)C(c4ccccc4)(c4ccccc4)c4cc6c(cc4-5)C(C)(C)c4ccccc4N6c4ccccc4)cc3)cc21. The van der Waals surface area contributed by atoms with E-state index in [-0.39, 0.29) is 10.8 Å². The fourth-order valence-electron chi connectivity index (χ4n) is 12.6. The summed E-state index contributed by atoms with van der Waals surface area (Å²) in [6, 6.07) is 90.9. The van der Waals surface area contributed by atoms with Crippen LogP contribution < -0.4 is 9.80 Å². The zero-order valence-electron chi connectivity index (χ0n) is 40.9. The van der Waals surface area contributed by atoms with E-state index in [1.807, 2.05) is 0 Å². The minimum atomic E-state index is -0.564. The smallest absolute Gasteiger partial charge is 0.0714 e. The Labute approximate surface area is 419 Å². The van der Waals surface area contributed by atoms with Gasteiger partial charge in [-0.1, -0.05) is 210 Å². The van der Waals surface area contributed by atoms with Crippen LogP contribution in [-0.2, 0) is 29.1 Å². The lowest BCUT2D eigenvalue weighted by Gasteiger charge is -2.43. The summed E-state index contributed by atoms with van der Waals surface area (Å²) in [6.45, 7) is 9.55. The Morgan fingerprint density at radius 1 is 0.296 bits per heavy atom. The number of hydrogen-bond donors (Lipinski definition) is 0. The van der Waals surface area contributed by atoms with Crippen LogP contribution in [0.1, 0.15) is 83.3 Å². The van der Waals surface area contributed by atoms with Crippen molar-refractivity contribution in [1.82, 2.24) is 0 Å². The van der Waals surface area contributed by atoms with E-state index >= 15 is 0 Å². The van der Waals surface area contributed by atoms with Gasteiger partial charge in [-0.25, -0.2) is 0 Å². The monoisotopic (exact) mass is 912 g/mol. The van der Waals surface area contributed by atoms with E-state index in [0.717, 1.165) is 18.5 Å². The fraction of sp³-hybridized carbons (Fsp3) is 0.130. The molecular weight excluding hydrogens is 857 g/mol. The largest absolute Gasteiger partial charge is 0.310 e. The highest BCUT2D eigenvalue weighted by Crippen LogP contribution is 2.61. The molecule has 0 radical (unpaired) electrons. The van der Waals surface area contributed by atoms with Gasteiger partial charge in [-0.3, -0.25) is 0 Å². The Bertz CT molecular complexity index is 3590. The van der Waals surface area contributed by atoms with Gasteiger partial charge in [-0.15, -0.1) is 0 Å². The van der Waals surface area contributed by atoms with Crippen molar-refractivity contribution in [2.24, 2.45) is 0 Å². The minimum absolute atomic E-state index is 0.130. The summed E-state index contributed by atoms with van der Waals surface area (Å²) in [7, 11) is 0. The van der Waals surface area contributed by atoms with Crippen LogP contribution in [0.15, 0.2) is 243 Å². The second-order valence-corrected chi connectivity index (χ2v) is 20.8. The Kier molecular flexibility index (Phi) is 9.94. The molecule has 0 amide bonds. The molecule has 2 aliphatic heterocycles. The van der Waals surface area contributed by atoms with Gasteiger partial charge in [0.15, 0.2) is 0 Å². The zero-order valence-corrected chi connectivity index (χ0v) is 40.9. The molecule has 0 N–H and O–H groups in total. The molecule has 2 heteroatoms. The number of hydrogen-bond acceptors (Lipinski definition) is 2. The van der Waals surface area contributed by atoms with E-state index in [2.05, 4.69) is 280 Å². The standard InChI is InChI=1S/C69H56N2/c1-67(2)57-29-17-19-31-63(57)70(53-25-13-7-14-26-53)65-42-37-48(43-61(65)67)34-33-47-35-38-49(39-36-47)50-40-41-55-56-45-62-66(71(54-27-15-8-16-28-54)64-32-20-18-30-58(64)68(62,3)4)46-60(56)69(59(55)44-50,51-21-9-5-10-22-51)52-23-11-6-12-24-52/h5-32,35-46H,33-34H2,1-4H3. The highest BCUT2D eigenvalue weighted by molar-refractivity contribution is 5.95. The molecular formula is C69H56N2. The quantitative estimate of drug-likeness (QED) is 0.150. The molecule has 2 nitrogen and oxygen atoms in total. The van der Waals surface area contributed by atoms with E-state index in [1.54, 1.807) is 0 Å². The van der Waals surface area contributed by atoms with Gasteiger partial charge >= 0.3 is 0 Å². The van der Waals surface area contributed by atoms with Gasteiger partial charge in [0.05, 0.1) is 28.2 Å². The van der Waals surface area contributed by atoms with Crippen molar-refractivity contribution < 1.29 is 0 Å². The van der Waals surface area contributed by atoms with E-state index in [1.165, 1.54) is 106 Å². The van der Waals surface area contributed by atoms with Gasteiger partial charge in [0.25, 0.3) is 0 Å². The number of benzene rings is 10. The van der Waals surface area contributed by atoms with Gasteiger partial charge in [0.2, 0.25) is 0 Å². The third-order valence-electron chi connectivity index (χ3n) is 16.2. The number of nitrogens with zero attached hydrogens (tertiary/aromatic N) is 2. The molecule has 0 fully saturated rings. The molecule has 1 aliphatic carbocycles. The second kappa shape index (κ2) is 16.5. The summed E-state index contributed by atoms with van der Waals surface area (Å²) in [5, 5.41) is 0. The molecule has 2 heterocycles. The molecule has 10 aromatic carbocycles. The first-order chi connectivity index (χ1) is 34.7. The topological polar surface area (TPSA) is 6.48 Å². The van der Waals surface area contributed by atoms with Gasteiger partial charge in [0.1, 0.15) is 0 Å². The minimum Gasteiger partial charge on any atom is -0.310 e. The Morgan fingerprint density at radius 2 is 0.732 bits per heavy atom. The summed E-state index contributed by atoms with van der Waals surface area (Å²) in [4.78, 5) is 4.93. The highest BCUT2D eigenvalue weighted by Gasteiger charge is 2.49. The van der Waals surface area contributed by atoms with Gasteiger partial charge < -0.3 is 9.80 Å². The molecule has 0 spiro atoms. The molecule has 3 aliphatic rings. The van der Waals surface area contributed by atoms with Crippen LogP contribution >= 0.6 is 0 Å². The van der Waals surface area contributed by atoms with Crippen LogP contribution in [0, 0.1) is 0 Å². The molecule has 71 heavy (non-hydrogen) atoms. The fourth-order valence-corrected chi connectivity index (χ4v) is 12.6. The van der Waals surface area contributed by atoms with Crippen molar-refractivity contribution >= 4 is 34.1 Å². The molecule has 0 unspecified atom stereocenters. The maximum absolute atomic E-state index is 2.55. The Balaban J connectivity index is 0.886. The lowest BCUT2D eigenvalue weighted by Crippen LogP contribution is -2.32. The van der Waals surface area contributed by atoms with E-state index in [9.17, 15) is 0 Å². The maximum Gasteiger partial charge on any atom is 0.0714 e. The molecule has 0 aromatic heterocycles. The Morgan fingerprint density at radius 3 is 1.31 bits per heavy atom. The van der Waals surface area contributed by atoms with Gasteiger partial charge in [-0.2, -0.15) is 0 Å². The molecule has 0 saturated carbocycles. The van der Waals surface area contributed by atoms with Crippen LogP contribution in [0.2, 0.25) is 0 Å². The van der Waals surface area contributed by atoms with Crippen LogP contribution in [0.5, 0.6) is 0 Å². The molecule has 0 saturated heterocycles. The van der Waals surface area contributed by atoms with Crippen LogP contribution in [0.3, 0.4) is 0 Å². The number of anilines is 6. The number of aryl methyl sites for hydroxylation is 2. The third kappa shape index (κ3) is 6.61. The lowest BCUT2D eigenvalue weighted by molar-refractivity contribution is 0.630. The van der Waals surface area contributed by atoms with Crippen molar-refractivity contribution in [3.63, 3.8) is 0 Å². The summed E-state index contributed by atoms with van der Waals surface area (Å²) in [6.07, 6.45) is 1.94. The first kappa shape index (κ1) is 42.9. The zero-order chi connectivity index (χ0) is 47.9. The van der Waals surface area contributed by atoms with Crippen LogP contribution in [0.25, 0.3) is 22.3 Å². The number of para-hydroxylation sites is 4. The predicted molar refractivity (Wildman–Crippen MR) is 297 cm³/mol. The molecule has 10 aromatic rings. The molecule has 13 rings (SSSR count). The van der Waals surface area contributed by atoms with Crippen LogP contribution in [-0.4, -0.2) is 0 Å².